The molecule has 1 atom stereocenters. The number of allylic oxidation sites excluding steroid dienone is 2. The van der Waals surface area contributed by atoms with Crippen molar-refractivity contribution in [1.29, 1.82) is 0 Å². The largest absolute Gasteiger partial charge is 0.511 e. The van der Waals surface area contributed by atoms with Crippen LogP contribution in [0.1, 0.15) is 38.2 Å². The predicted octanol–water partition coefficient (Wildman–Crippen LogP) is 2.82. The van der Waals surface area contributed by atoms with E-state index < -0.39 is 0 Å². The Balaban J connectivity index is 1.47. The Labute approximate surface area is 172 Å². The number of nitrogens with zero attached hydrogens (tertiary/aromatic N) is 3. The van der Waals surface area contributed by atoms with E-state index >= 15 is 0 Å². The summed E-state index contributed by atoms with van der Waals surface area (Å²) in [5.41, 5.74) is 1.43. The number of aliphatic imine (C=N–C) groups is 1. The van der Waals surface area contributed by atoms with Crippen LogP contribution in [0.25, 0.3) is 0 Å². The molecule has 1 aliphatic carbocycles. The number of carbonyl (C=O) groups is 2. The van der Waals surface area contributed by atoms with Crippen LogP contribution in [0.5, 0.6) is 0 Å². The molecule has 1 aromatic carbocycles. The lowest BCUT2D eigenvalue weighted by atomic mass is 9.83. The first-order valence-corrected chi connectivity index (χ1v) is 10.5. The van der Waals surface area contributed by atoms with Crippen LogP contribution < -0.4 is 0 Å². The highest BCUT2D eigenvalue weighted by Gasteiger charge is 2.27. The van der Waals surface area contributed by atoms with Crippen molar-refractivity contribution >= 4 is 17.9 Å². The topological polar surface area (TPSA) is 73.2 Å². The summed E-state index contributed by atoms with van der Waals surface area (Å²) >= 11 is 0. The van der Waals surface area contributed by atoms with E-state index in [0.29, 0.717) is 25.0 Å². The highest BCUT2D eigenvalue weighted by Crippen LogP contribution is 2.32. The number of hydrogen-bond acceptors (Lipinski definition) is 5. The molecule has 1 aliphatic heterocycles. The Kier molecular flexibility index (Phi) is 7.20. The van der Waals surface area contributed by atoms with E-state index in [2.05, 4.69) is 9.89 Å². The van der Waals surface area contributed by atoms with E-state index in [1.165, 1.54) is 6.21 Å². The third kappa shape index (κ3) is 5.54. The number of benzene rings is 1. The number of hydrogen-bond donors (Lipinski definition) is 1. The fourth-order valence-electron chi connectivity index (χ4n) is 3.93. The van der Waals surface area contributed by atoms with Crippen LogP contribution in [0.2, 0.25) is 0 Å². The van der Waals surface area contributed by atoms with Gasteiger partial charge in [-0.3, -0.25) is 19.5 Å². The molecule has 156 valence electrons. The van der Waals surface area contributed by atoms with E-state index in [1.54, 1.807) is 0 Å². The molecule has 6 nitrogen and oxygen atoms in total. The van der Waals surface area contributed by atoms with Crippen LogP contribution in [0.15, 0.2) is 46.7 Å². The van der Waals surface area contributed by atoms with Crippen molar-refractivity contribution in [2.75, 3.05) is 39.3 Å². The van der Waals surface area contributed by atoms with Gasteiger partial charge in [0, 0.05) is 57.7 Å². The van der Waals surface area contributed by atoms with Crippen molar-refractivity contribution in [1.82, 2.24) is 9.80 Å². The van der Waals surface area contributed by atoms with Crippen molar-refractivity contribution < 1.29 is 14.7 Å². The molecule has 1 saturated heterocycles. The first-order chi connectivity index (χ1) is 14.0. The maximum atomic E-state index is 12.5. The van der Waals surface area contributed by atoms with Gasteiger partial charge in [0.15, 0.2) is 5.78 Å². The Morgan fingerprint density at radius 2 is 1.86 bits per heavy atom. The SMILES string of the molecule is CC(C)C(=O)N1CCN(CCN=CC2=C(O)CC(c3ccccc3)CC2=O)CC1. The fraction of sp³-hybridized carbons (Fsp3) is 0.522. The molecule has 0 saturated carbocycles. The molecule has 6 heteroatoms. The van der Waals surface area contributed by atoms with Crippen molar-refractivity contribution in [2.45, 2.75) is 32.6 Å². The van der Waals surface area contributed by atoms with Crippen molar-refractivity contribution in [3.8, 4) is 0 Å². The number of aliphatic hydroxyl groups is 1. The number of Topliss-reactive ketones (excluding diaryl/α,β-unsaturated/α-hetero) is 1. The molecule has 1 unspecified atom stereocenters. The third-order valence-corrected chi connectivity index (χ3v) is 5.70. The van der Waals surface area contributed by atoms with E-state index in [9.17, 15) is 14.7 Å². The summed E-state index contributed by atoms with van der Waals surface area (Å²) in [6.45, 7) is 8.43. The molecule has 0 aromatic heterocycles. The molecule has 1 heterocycles. The molecule has 3 rings (SSSR count). The first kappa shape index (κ1) is 21.2. The Morgan fingerprint density at radius 1 is 1.17 bits per heavy atom. The standard InChI is InChI=1S/C23H31N3O3/c1-17(2)23(29)26-12-10-25(11-13-26)9-8-24-16-20-21(27)14-19(15-22(20)28)18-6-4-3-5-7-18/h3-7,16-17,19,27H,8-15H2,1-2H3. The number of carbonyl (C=O) groups excluding carboxylic acids is 2. The number of rotatable bonds is 6. The summed E-state index contributed by atoms with van der Waals surface area (Å²) in [6, 6.07) is 9.85. The molecule has 1 fully saturated rings. The van der Waals surface area contributed by atoms with Crippen molar-refractivity contribution in [2.24, 2.45) is 10.9 Å². The van der Waals surface area contributed by atoms with Gasteiger partial charge in [-0.05, 0) is 11.5 Å². The smallest absolute Gasteiger partial charge is 0.225 e. The quantitative estimate of drug-likeness (QED) is 0.749. The van der Waals surface area contributed by atoms with Crippen LogP contribution in [-0.2, 0) is 9.59 Å². The number of amides is 1. The third-order valence-electron chi connectivity index (χ3n) is 5.70. The minimum absolute atomic E-state index is 0.0331. The van der Waals surface area contributed by atoms with Crippen LogP contribution in [0.3, 0.4) is 0 Å². The van der Waals surface area contributed by atoms with Gasteiger partial charge in [0.1, 0.15) is 5.76 Å². The summed E-state index contributed by atoms with van der Waals surface area (Å²) in [5, 5.41) is 10.4. The van der Waals surface area contributed by atoms with Gasteiger partial charge in [0.2, 0.25) is 5.91 Å². The zero-order chi connectivity index (χ0) is 20.8. The molecule has 1 aromatic rings. The summed E-state index contributed by atoms with van der Waals surface area (Å²) < 4.78 is 0. The maximum absolute atomic E-state index is 12.5. The summed E-state index contributed by atoms with van der Waals surface area (Å²) in [4.78, 5) is 33.1. The van der Waals surface area contributed by atoms with Crippen LogP contribution in [0, 0.1) is 5.92 Å². The highest BCUT2D eigenvalue weighted by atomic mass is 16.3. The lowest BCUT2D eigenvalue weighted by Crippen LogP contribution is -2.50. The van der Waals surface area contributed by atoms with Gasteiger partial charge in [0.05, 0.1) is 12.1 Å². The minimum atomic E-state index is -0.0489. The van der Waals surface area contributed by atoms with E-state index in [0.717, 1.165) is 38.3 Å². The van der Waals surface area contributed by atoms with Crippen LogP contribution in [-0.4, -0.2) is 72.1 Å². The lowest BCUT2D eigenvalue weighted by Gasteiger charge is -2.35. The zero-order valence-electron chi connectivity index (χ0n) is 17.4. The predicted molar refractivity (Wildman–Crippen MR) is 114 cm³/mol. The fourth-order valence-corrected chi connectivity index (χ4v) is 3.93. The number of aliphatic hydroxyl groups excluding tert-OH is 1. The number of ketones is 1. The monoisotopic (exact) mass is 397 g/mol. The molecule has 1 N–H and O–H groups in total. The highest BCUT2D eigenvalue weighted by molar-refractivity contribution is 6.14. The maximum Gasteiger partial charge on any atom is 0.225 e. The Hall–Kier alpha value is -2.47. The Morgan fingerprint density at radius 3 is 2.48 bits per heavy atom. The average Bonchev–Trinajstić information content (AvgIpc) is 2.73. The second-order valence-corrected chi connectivity index (χ2v) is 8.16. The van der Waals surface area contributed by atoms with E-state index in [1.807, 2.05) is 49.1 Å². The minimum Gasteiger partial charge on any atom is -0.511 e. The zero-order valence-corrected chi connectivity index (χ0v) is 17.4. The second-order valence-electron chi connectivity index (χ2n) is 8.16. The lowest BCUT2D eigenvalue weighted by molar-refractivity contribution is -0.136. The Bertz CT molecular complexity index is 778. The summed E-state index contributed by atoms with van der Waals surface area (Å²) in [5.74, 6) is 0.383. The van der Waals surface area contributed by atoms with Crippen LogP contribution in [0.4, 0.5) is 0 Å². The molecule has 0 bridgehead atoms. The van der Waals surface area contributed by atoms with Gasteiger partial charge < -0.3 is 10.0 Å². The molecular weight excluding hydrogens is 366 g/mol. The second kappa shape index (κ2) is 9.83. The van der Waals surface area contributed by atoms with Gasteiger partial charge in [-0.2, -0.15) is 0 Å². The van der Waals surface area contributed by atoms with Crippen molar-refractivity contribution in [3.63, 3.8) is 0 Å². The summed E-state index contributed by atoms with van der Waals surface area (Å²) in [7, 11) is 0. The van der Waals surface area contributed by atoms with E-state index in [-0.39, 0.29) is 29.3 Å². The van der Waals surface area contributed by atoms with Crippen molar-refractivity contribution in [3.05, 3.63) is 47.2 Å². The molecule has 0 spiro atoms. The molecular formula is C23H31N3O3. The summed E-state index contributed by atoms with van der Waals surface area (Å²) in [6.07, 6.45) is 2.42. The first-order valence-electron chi connectivity index (χ1n) is 10.5. The van der Waals surface area contributed by atoms with Gasteiger partial charge >= 0.3 is 0 Å². The molecule has 2 aliphatic rings. The van der Waals surface area contributed by atoms with Gasteiger partial charge in [-0.25, -0.2) is 0 Å². The molecule has 0 radical (unpaired) electrons. The normalized spacial score (nSPS) is 21.4. The average molecular weight is 398 g/mol. The number of piperazine rings is 1. The van der Waals surface area contributed by atoms with Gasteiger partial charge in [-0.15, -0.1) is 0 Å². The van der Waals surface area contributed by atoms with Gasteiger partial charge in [-0.1, -0.05) is 44.2 Å². The van der Waals surface area contributed by atoms with Gasteiger partial charge in [0.25, 0.3) is 0 Å². The molecule has 29 heavy (non-hydrogen) atoms. The van der Waals surface area contributed by atoms with Crippen LogP contribution >= 0.6 is 0 Å². The van der Waals surface area contributed by atoms with E-state index in [4.69, 9.17) is 0 Å². The molecule has 1 amide bonds.